The molecule has 1 heterocycles. The summed E-state index contributed by atoms with van der Waals surface area (Å²) < 4.78 is 29.8. The molecule has 6 heteroatoms. The molecule has 0 saturated heterocycles. The molecule has 0 bridgehead atoms. The lowest BCUT2D eigenvalue weighted by Crippen LogP contribution is -2.34. The zero-order chi connectivity index (χ0) is 9.90. The summed E-state index contributed by atoms with van der Waals surface area (Å²) >= 11 is 0. The second-order valence-electron chi connectivity index (χ2n) is 2.74. The highest BCUT2D eigenvalue weighted by Crippen LogP contribution is 2.14. The number of rotatable bonds is 4. The van der Waals surface area contributed by atoms with Crippen LogP contribution in [0.3, 0.4) is 0 Å². The fourth-order valence-corrected chi connectivity index (χ4v) is 0.705. The Kier molecular flexibility index (Phi) is 2.82. The molecule has 1 rings (SSSR count). The number of aryl methyl sites for hydroxylation is 1. The third-order valence-electron chi connectivity index (χ3n) is 1.41. The van der Waals surface area contributed by atoms with E-state index in [2.05, 4.69) is 10.2 Å². The first-order valence-corrected chi connectivity index (χ1v) is 3.76. The van der Waals surface area contributed by atoms with Crippen LogP contribution in [-0.4, -0.2) is 29.3 Å². The van der Waals surface area contributed by atoms with Crippen molar-refractivity contribution in [2.75, 3.05) is 13.2 Å². The van der Waals surface area contributed by atoms with Crippen molar-refractivity contribution in [3.8, 4) is 5.88 Å². The van der Waals surface area contributed by atoms with Gasteiger partial charge in [0.2, 0.25) is 5.88 Å². The van der Waals surface area contributed by atoms with Gasteiger partial charge in [0.25, 0.3) is 5.92 Å². The fourth-order valence-electron chi connectivity index (χ4n) is 0.705. The van der Waals surface area contributed by atoms with Crippen LogP contribution in [0.5, 0.6) is 5.88 Å². The number of nitrogens with two attached hydrogens (primary N) is 1. The van der Waals surface area contributed by atoms with Gasteiger partial charge in [-0.3, -0.25) is 5.10 Å². The maximum Gasteiger partial charge on any atom is 0.293 e. The number of ether oxygens (including phenoxy) is 1. The lowest BCUT2D eigenvalue weighted by Gasteiger charge is -2.12. The number of nitrogens with one attached hydrogen (secondary N) is 1. The Morgan fingerprint density at radius 2 is 2.38 bits per heavy atom. The molecule has 0 atom stereocenters. The van der Waals surface area contributed by atoms with Gasteiger partial charge in [-0.25, -0.2) is 8.78 Å². The Balaban J connectivity index is 2.43. The predicted molar refractivity (Wildman–Crippen MR) is 42.8 cm³/mol. The molecule has 74 valence electrons. The standard InChI is InChI=1S/C7H11F2N3O/c1-5-2-6(12-11-5)13-4-7(8,9)3-10/h2H,3-4,10H2,1H3,(H,11,12). The number of hydrogen-bond donors (Lipinski definition) is 2. The lowest BCUT2D eigenvalue weighted by atomic mass is 10.4. The molecule has 0 aliphatic carbocycles. The Bertz CT molecular complexity index is 274. The minimum atomic E-state index is -2.99. The van der Waals surface area contributed by atoms with Gasteiger partial charge in [0, 0.05) is 11.8 Å². The van der Waals surface area contributed by atoms with Crippen molar-refractivity contribution in [1.29, 1.82) is 0 Å². The smallest absolute Gasteiger partial charge is 0.293 e. The van der Waals surface area contributed by atoms with E-state index >= 15 is 0 Å². The first-order chi connectivity index (χ1) is 6.03. The molecule has 1 aromatic rings. The second kappa shape index (κ2) is 3.69. The summed E-state index contributed by atoms with van der Waals surface area (Å²) in [6, 6.07) is 1.53. The normalized spacial score (nSPS) is 11.7. The van der Waals surface area contributed by atoms with Crippen LogP contribution in [0.4, 0.5) is 8.78 Å². The van der Waals surface area contributed by atoms with E-state index < -0.39 is 19.1 Å². The summed E-state index contributed by atoms with van der Waals surface area (Å²) in [5.41, 5.74) is 5.57. The van der Waals surface area contributed by atoms with Crippen LogP contribution in [0.2, 0.25) is 0 Å². The summed E-state index contributed by atoms with van der Waals surface area (Å²) in [4.78, 5) is 0. The molecule has 0 saturated carbocycles. The maximum atomic E-state index is 12.6. The molecule has 13 heavy (non-hydrogen) atoms. The molecule has 1 aromatic heterocycles. The number of aromatic nitrogens is 2. The van der Waals surface area contributed by atoms with E-state index in [-0.39, 0.29) is 5.88 Å². The van der Waals surface area contributed by atoms with Gasteiger partial charge in [-0.2, -0.15) is 0 Å². The second-order valence-corrected chi connectivity index (χ2v) is 2.74. The van der Waals surface area contributed by atoms with Crippen molar-refractivity contribution < 1.29 is 13.5 Å². The number of halogens is 2. The summed E-state index contributed by atoms with van der Waals surface area (Å²) in [7, 11) is 0. The zero-order valence-electron chi connectivity index (χ0n) is 7.18. The maximum absolute atomic E-state index is 12.6. The largest absolute Gasteiger partial charge is 0.470 e. The molecule has 0 unspecified atom stereocenters. The number of H-pyrrole nitrogens is 1. The summed E-state index contributed by atoms with van der Waals surface area (Å²) in [6.45, 7) is 0.283. The van der Waals surface area contributed by atoms with Crippen molar-refractivity contribution in [3.05, 3.63) is 11.8 Å². The van der Waals surface area contributed by atoms with E-state index in [1.165, 1.54) is 6.07 Å². The van der Waals surface area contributed by atoms with Gasteiger partial charge in [-0.15, -0.1) is 5.10 Å². The lowest BCUT2D eigenvalue weighted by molar-refractivity contribution is -0.0331. The van der Waals surface area contributed by atoms with E-state index in [4.69, 9.17) is 10.5 Å². The Morgan fingerprint density at radius 3 is 2.85 bits per heavy atom. The highest BCUT2D eigenvalue weighted by molar-refractivity contribution is 5.12. The van der Waals surface area contributed by atoms with Crippen molar-refractivity contribution >= 4 is 0 Å². The molecular weight excluding hydrogens is 180 g/mol. The van der Waals surface area contributed by atoms with Gasteiger partial charge in [0.05, 0.1) is 6.54 Å². The number of alkyl halides is 2. The number of hydrogen-bond acceptors (Lipinski definition) is 3. The van der Waals surface area contributed by atoms with Gasteiger partial charge in [0.15, 0.2) is 6.61 Å². The molecule has 0 amide bonds. The van der Waals surface area contributed by atoms with Crippen molar-refractivity contribution in [3.63, 3.8) is 0 Å². The Morgan fingerprint density at radius 1 is 1.69 bits per heavy atom. The Hall–Kier alpha value is -1.17. The average molecular weight is 191 g/mol. The van der Waals surface area contributed by atoms with Crippen molar-refractivity contribution in [2.45, 2.75) is 12.8 Å². The van der Waals surface area contributed by atoms with Crippen molar-refractivity contribution in [2.24, 2.45) is 5.73 Å². The van der Waals surface area contributed by atoms with Gasteiger partial charge in [0.1, 0.15) is 0 Å². The molecule has 4 nitrogen and oxygen atoms in total. The third kappa shape index (κ3) is 2.98. The molecule has 0 aromatic carbocycles. The van der Waals surface area contributed by atoms with Crippen LogP contribution in [0.15, 0.2) is 6.07 Å². The van der Waals surface area contributed by atoms with E-state index in [1.54, 1.807) is 6.92 Å². The minimum Gasteiger partial charge on any atom is -0.470 e. The highest BCUT2D eigenvalue weighted by atomic mass is 19.3. The van der Waals surface area contributed by atoms with Gasteiger partial charge in [-0.05, 0) is 6.92 Å². The molecule has 0 aliphatic heterocycles. The fraction of sp³-hybridized carbons (Fsp3) is 0.571. The molecule has 0 fully saturated rings. The van der Waals surface area contributed by atoms with Gasteiger partial charge < -0.3 is 10.5 Å². The Labute approximate surface area is 74.1 Å². The van der Waals surface area contributed by atoms with Crippen molar-refractivity contribution in [1.82, 2.24) is 10.2 Å². The first kappa shape index (κ1) is 9.91. The van der Waals surface area contributed by atoms with E-state index in [9.17, 15) is 8.78 Å². The predicted octanol–water partition coefficient (Wildman–Crippen LogP) is 0.691. The molecule has 0 spiro atoms. The van der Waals surface area contributed by atoms with Crippen LogP contribution in [0.25, 0.3) is 0 Å². The summed E-state index contributed by atoms with van der Waals surface area (Å²) in [5.74, 6) is -2.84. The van der Waals surface area contributed by atoms with Crippen LogP contribution < -0.4 is 10.5 Å². The highest BCUT2D eigenvalue weighted by Gasteiger charge is 2.28. The van der Waals surface area contributed by atoms with E-state index in [0.717, 1.165) is 5.69 Å². The molecular formula is C7H11F2N3O. The SMILES string of the molecule is Cc1cc(OCC(F)(F)CN)n[nH]1. The molecule has 0 radical (unpaired) electrons. The third-order valence-corrected chi connectivity index (χ3v) is 1.41. The average Bonchev–Trinajstić information content (AvgIpc) is 2.48. The van der Waals surface area contributed by atoms with Crippen LogP contribution >= 0.6 is 0 Å². The zero-order valence-corrected chi connectivity index (χ0v) is 7.18. The van der Waals surface area contributed by atoms with Crippen LogP contribution in [-0.2, 0) is 0 Å². The molecule has 3 N–H and O–H groups in total. The summed E-state index contributed by atoms with van der Waals surface area (Å²) in [6.07, 6.45) is 0. The first-order valence-electron chi connectivity index (χ1n) is 3.76. The van der Waals surface area contributed by atoms with E-state index in [0.29, 0.717) is 0 Å². The summed E-state index contributed by atoms with van der Waals surface area (Å²) in [5, 5.41) is 6.20. The topological polar surface area (TPSA) is 63.9 Å². The monoisotopic (exact) mass is 191 g/mol. The number of nitrogens with zero attached hydrogens (tertiary/aromatic N) is 1. The van der Waals surface area contributed by atoms with Crippen LogP contribution in [0, 0.1) is 6.92 Å². The van der Waals surface area contributed by atoms with E-state index in [1.807, 2.05) is 0 Å². The van der Waals surface area contributed by atoms with Gasteiger partial charge >= 0.3 is 0 Å². The number of aromatic amines is 1. The molecule has 0 aliphatic rings. The quantitative estimate of drug-likeness (QED) is 0.736. The van der Waals surface area contributed by atoms with Crippen LogP contribution in [0.1, 0.15) is 5.69 Å². The van der Waals surface area contributed by atoms with Gasteiger partial charge in [-0.1, -0.05) is 0 Å². The minimum absolute atomic E-state index is 0.158.